The highest BCUT2D eigenvalue weighted by Gasteiger charge is 2.20. The van der Waals surface area contributed by atoms with E-state index in [-0.39, 0.29) is 6.01 Å². The summed E-state index contributed by atoms with van der Waals surface area (Å²) in [6.45, 7) is 2.00. The van der Waals surface area contributed by atoms with Crippen molar-refractivity contribution in [1.82, 2.24) is 44.1 Å². The normalized spacial score (nSPS) is 11.4. The van der Waals surface area contributed by atoms with Gasteiger partial charge in [0.05, 0.1) is 5.69 Å². The Hall–Kier alpha value is -4.02. The molecule has 0 saturated heterocycles. The molecule has 0 aliphatic rings. The molecule has 0 fully saturated rings. The quantitative estimate of drug-likeness (QED) is 0.506. The van der Waals surface area contributed by atoms with Crippen LogP contribution in [-0.4, -0.2) is 44.1 Å². The number of nitrogens with zero attached hydrogens (tertiary/aromatic N) is 9. The molecule has 0 radical (unpaired) electrons. The van der Waals surface area contributed by atoms with Gasteiger partial charge in [0.2, 0.25) is 12.2 Å². The summed E-state index contributed by atoms with van der Waals surface area (Å²) < 4.78 is 10.6. The standard InChI is InChI=1S/C17H16N10O/c1-10-11(12-4-6-26(3)23-12)8-27-13(10)14(21-17-22-19-9-28-17)20-15(24-27)16-18-5-7-25(16)2/h4-9H,1-3H3,(H,20,21,22,24). The van der Waals surface area contributed by atoms with Crippen molar-refractivity contribution in [2.75, 3.05) is 5.32 Å². The van der Waals surface area contributed by atoms with E-state index >= 15 is 0 Å². The molecule has 0 aromatic carbocycles. The summed E-state index contributed by atoms with van der Waals surface area (Å²) in [4.78, 5) is 9.02. The Labute approximate surface area is 158 Å². The lowest BCUT2D eigenvalue weighted by Crippen LogP contribution is -2.06. The van der Waals surface area contributed by atoms with Crippen molar-refractivity contribution < 1.29 is 4.42 Å². The van der Waals surface area contributed by atoms with Gasteiger partial charge >= 0.3 is 6.01 Å². The van der Waals surface area contributed by atoms with Gasteiger partial charge in [0.15, 0.2) is 11.6 Å². The van der Waals surface area contributed by atoms with Gasteiger partial charge in [-0.1, -0.05) is 5.10 Å². The second-order valence-electron chi connectivity index (χ2n) is 6.35. The molecule has 1 N–H and O–H groups in total. The Bertz CT molecular complexity index is 1280. The second-order valence-corrected chi connectivity index (χ2v) is 6.35. The van der Waals surface area contributed by atoms with Gasteiger partial charge < -0.3 is 8.98 Å². The predicted octanol–water partition coefficient (Wildman–Crippen LogP) is 1.97. The molecule has 5 rings (SSSR count). The van der Waals surface area contributed by atoms with Crippen molar-refractivity contribution in [2.24, 2.45) is 14.1 Å². The fraction of sp³-hybridized carbons (Fsp3) is 0.176. The number of anilines is 2. The molecule has 11 heteroatoms. The topological polar surface area (TPSA) is 117 Å². The van der Waals surface area contributed by atoms with Crippen LogP contribution >= 0.6 is 0 Å². The number of nitrogens with one attached hydrogen (secondary N) is 1. The Morgan fingerprint density at radius 3 is 2.71 bits per heavy atom. The predicted molar refractivity (Wildman–Crippen MR) is 99.7 cm³/mol. The zero-order valence-electron chi connectivity index (χ0n) is 15.4. The summed E-state index contributed by atoms with van der Waals surface area (Å²) in [6, 6.07) is 2.20. The Morgan fingerprint density at radius 2 is 2.04 bits per heavy atom. The first-order valence-corrected chi connectivity index (χ1v) is 8.51. The fourth-order valence-corrected chi connectivity index (χ4v) is 3.14. The highest BCUT2D eigenvalue weighted by molar-refractivity contribution is 5.83. The van der Waals surface area contributed by atoms with Gasteiger partial charge in [-0.15, -0.1) is 10.2 Å². The molecule has 0 atom stereocenters. The van der Waals surface area contributed by atoms with Gasteiger partial charge in [-0.2, -0.15) is 5.10 Å². The minimum Gasteiger partial charge on any atom is -0.411 e. The molecule has 0 saturated carbocycles. The van der Waals surface area contributed by atoms with Crippen molar-refractivity contribution in [3.63, 3.8) is 0 Å². The third-order valence-electron chi connectivity index (χ3n) is 4.48. The van der Waals surface area contributed by atoms with Crippen LogP contribution in [-0.2, 0) is 14.1 Å². The molecule has 0 spiro atoms. The number of aryl methyl sites for hydroxylation is 3. The number of fused-ring (bicyclic) bond motifs is 1. The highest BCUT2D eigenvalue weighted by Crippen LogP contribution is 2.32. The molecule has 0 aliphatic heterocycles. The maximum Gasteiger partial charge on any atom is 0.321 e. The minimum absolute atomic E-state index is 0.242. The van der Waals surface area contributed by atoms with E-state index in [1.54, 1.807) is 15.4 Å². The average Bonchev–Trinajstić information content (AvgIpc) is 3.44. The second kappa shape index (κ2) is 6.01. The summed E-state index contributed by atoms with van der Waals surface area (Å²) in [5.74, 6) is 1.64. The Kier molecular flexibility index (Phi) is 3.47. The van der Waals surface area contributed by atoms with Crippen LogP contribution in [0.1, 0.15) is 5.56 Å². The molecular formula is C17H16N10O. The molecule has 0 aliphatic carbocycles. The lowest BCUT2D eigenvalue weighted by molar-refractivity contribution is 0.571. The van der Waals surface area contributed by atoms with Crippen molar-refractivity contribution >= 4 is 17.3 Å². The largest absolute Gasteiger partial charge is 0.411 e. The number of imidazole rings is 1. The fourth-order valence-electron chi connectivity index (χ4n) is 3.14. The molecular weight excluding hydrogens is 360 g/mol. The lowest BCUT2D eigenvalue weighted by Gasteiger charge is -2.08. The van der Waals surface area contributed by atoms with Crippen molar-refractivity contribution in [1.29, 1.82) is 0 Å². The van der Waals surface area contributed by atoms with Gasteiger partial charge in [-0.05, 0) is 18.6 Å². The smallest absolute Gasteiger partial charge is 0.321 e. The van der Waals surface area contributed by atoms with Crippen LogP contribution in [0.2, 0.25) is 0 Å². The van der Waals surface area contributed by atoms with E-state index in [0.29, 0.717) is 17.5 Å². The van der Waals surface area contributed by atoms with Crippen molar-refractivity contribution in [3.05, 3.63) is 42.8 Å². The SMILES string of the molecule is Cc1c(-c2ccn(C)n2)cn2nc(-c3nccn3C)nc(Nc3nnco3)c12. The maximum absolute atomic E-state index is 5.24. The van der Waals surface area contributed by atoms with Crippen molar-refractivity contribution in [3.8, 4) is 22.9 Å². The molecule has 0 unspecified atom stereocenters. The van der Waals surface area contributed by atoms with Gasteiger partial charge in [-0.3, -0.25) is 10.00 Å². The summed E-state index contributed by atoms with van der Waals surface area (Å²) >= 11 is 0. The Balaban J connectivity index is 1.75. The summed E-state index contributed by atoms with van der Waals surface area (Å²) in [5.41, 5.74) is 3.58. The number of rotatable bonds is 4. The lowest BCUT2D eigenvalue weighted by atomic mass is 10.1. The first kappa shape index (κ1) is 16.2. The van der Waals surface area contributed by atoms with E-state index in [4.69, 9.17) is 4.42 Å². The minimum atomic E-state index is 0.242. The number of hydrogen-bond acceptors (Lipinski definition) is 8. The zero-order valence-corrected chi connectivity index (χ0v) is 15.4. The van der Waals surface area contributed by atoms with Crippen LogP contribution in [0.5, 0.6) is 0 Å². The highest BCUT2D eigenvalue weighted by atomic mass is 16.4. The summed E-state index contributed by atoms with van der Waals surface area (Å²) in [5, 5.41) is 19.9. The first-order chi connectivity index (χ1) is 13.6. The zero-order chi connectivity index (χ0) is 19.3. The van der Waals surface area contributed by atoms with Crippen LogP contribution in [0.4, 0.5) is 11.8 Å². The van der Waals surface area contributed by atoms with Crippen molar-refractivity contribution in [2.45, 2.75) is 6.92 Å². The van der Waals surface area contributed by atoms with Crippen LogP contribution in [0.3, 0.4) is 0 Å². The van der Waals surface area contributed by atoms with Crippen LogP contribution in [0.15, 0.2) is 41.7 Å². The van der Waals surface area contributed by atoms with E-state index in [9.17, 15) is 0 Å². The molecule has 140 valence electrons. The average molecular weight is 376 g/mol. The van der Waals surface area contributed by atoms with E-state index < -0.39 is 0 Å². The monoisotopic (exact) mass is 376 g/mol. The number of aromatic nitrogens is 9. The molecule has 0 bridgehead atoms. The molecule has 5 heterocycles. The van der Waals surface area contributed by atoms with E-state index in [0.717, 1.165) is 22.3 Å². The first-order valence-electron chi connectivity index (χ1n) is 8.51. The van der Waals surface area contributed by atoms with E-state index in [1.807, 2.05) is 50.2 Å². The van der Waals surface area contributed by atoms with E-state index in [1.165, 1.54) is 6.39 Å². The third kappa shape index (κ3) is 2.52. The van der Waals surface area contributed by atoms with Gasteiger partial charge in [0.1, 0.15) is 5.52 Å². The molecule has 28 heavy (non-hydrogen) atoms. The van der Waals surface area contributed by atoms with Gasteiger partial charge in [0.25, 0.3) is 0 Å². The summed E-state index contributed by atoms with van der Waals surface area (Å²) in [6.07, 6.45) is 8.63. The molecule has 5 aromatic rings. The summed E-state index contributed by atoms with van der Waals surface area (Å²) in [7, 11) is 3.78. The molecule has 0 amide bonds. The molecule has 5 aromatic heterocycles. The molecule has 11 nitrogen and oxygen atoms in total. The van der Waals surface area contributed by atoms with E-state index in [2.05, 4.69) is 35.7 Å². The van der Waals surface area contributed by atoms with Crippen LogP contribution in [0.25, 0.3) is 28.4 Å². The van der Waals surface area contributed by atoms with Crippen LogP contribution in [0, 0.1) is 6.92 Å². The Morgan fingerprint density at radius 1 is 1.14 bits per heavy atom. The van der Waals surface area contributed by atoms with Crippen LogP contribution < -0.4 is 5.32 Å². The maximum atomic E-state index is 5.24. The third-order valence-corrected chi connectivity index (χ3v) is 4.48. The number of hydrogen-bond donors (Lipinski definition) is 1. The van der Waals surface area contributed by atoms with Gasteiger partial charge in [-0.25, -0.2) is 14.5 Å². The van der Waals surface area contributed by atoms with Gasteiger partial charge in [0, 0.05) is 44.4 Å².